The van der Waals surface area contributed by atoms with Gasteiger partial charge in [-0.3, -0.25) is 4.79 Å². The molecule has 6 heteroatoms. The standard InChI is InChI=1S/C20H20ClNO4/c1-4-26-15-8-6-12(9-16(15)25-3)20-13(10-17(23)24)18-14(21)7-5-11(2)19(18)22-20/h5-9,22H,4,10H2,1-3H3,(H,23,24). The minimum absolute atomic E-state index is 0.131. The molecule has 0 aliphatic heterocycles. The molecule has 0 aliphatic carbocycles. The van der Waals surface area contributed by atoms with Gasteiger partial charge in [-0.25, -0.2) is 0 Å². The molecule has 0 atom stereocenters. The highest BCUT2D eigenvalue weighted by molar-refractivity contribution is 6.36. The van der Waals surface area contributed by atoms with Gasteiger partial charge in [0.2, 0.25) is 0 Å². The summed E-state index contributed by atoms with van der Waals surface area (Å²) in [7, 11) is 1.58. The van der Waals surface area contributed by atoms with Gasteiger partial charge in [0, 0.05) is 10.9 Å². The van der Waals surface area contributed by atoms with Crippen molar-refractivity contribution < 1.29 is 19.4 Å². The highest BCUT2D eigenvalue weighted by atomic mass is 35.5. The molecule has 5 nitrogen and oxygen atoms in total. The predicted molar refractivity (Wildman–Crippen MR) is 103 cm³/mol. The minimum Gasteiger partial charge on any atom is -0.493 e. The number of carboxylic acid groups (broad SMARTS) is 1. The normalized spacial score (nSPS) is 10.9. The van der Waals surface area contributed by atoms with Crippen LogP contribution in [-0.4, -0.2) is 29.8 Å². The Bertz CT molecular complexity index is 978. The lowest BCUT2D eigenvalue weighted by atomic mass is 10.0. The maximum atomic E-state index is 11.5. The van der Waals surface area contributed by atoms with Gasteiger partial charge in [-0.05, 0) is 49.2 Å². The zero-order valence-corrected chi connectivity index (χ0v) is 15.6. The molecule has 0 aliphatic rings. The number of benzene rings is 2. The van der Waals surface area contributed by atoms with E-state index in [9.17, 15) is 9.90 Å². The Labute approximate surface area is 156 Å². The molecular formula is C20H20ClNO4. The van der Waals surface area contributed by atoms with Crippen LogP contribution < -0.4 is 9.47 Å². The number of aromatic amines is 1. The van der Waals surface area contributed by atoms with E-state index in [4.69, 9.17) is 21.1 Å². The Kier molecular flexibility index (Phi) is 5.09. The fourth-order valence-electron chi connectivity index (χ4n) is 3.14. The van der Waals surface area contributed by atoms with Crippen LogP contribution in [0.2, 0.25) is 5.02 Å². The van der Waals surface area contributed by atoms with E-state index in [1.54, 1.807) is 13.2 Å². The van der Waals surface area contributed by atoms with Gasteiger partial charge in [0.05, 0.1) is 36.4 Å². The number of methoxy groups -OCH3 is 1. The summed E-state index contributed by atoms with van der Waals surface area (Å²) in [6.07, 6.45) is -0.131. The summed E-state index contributed by atoms with van der Waals surface area (Å²) < 4.78 is 11.0. The van der Waals surface area contributed by atoms with E-state index in [1.165, 1.54) is 0 Å². The molecule has 0 saturated carbocycles. The van der Waals surface area contributed by atoms with Crippen molar-refractivity contribution in [1.82, 2.24) is 4.98 Å². The maximum absolute atomic E-state index is 11.5. The van der Waals surface area contributed by atoms with Crippen LogP contribution in [0.1, 0.15) is 18.1 Å². The van der Waals surface area contributed by atoms with Crippen LogP contribution in [0.25, 0.3) is 22.2 Å². The lowest BCUT2D eigenvalue weighted by Gasteiger charge is -2.11. The van der Waals surface area contributed by atoms with Gasteiger partial charge in [0.15, 0.2) is 11.5 Å². The molecule has 2 aromatic carbocycles. The van der Waals surface area contributed by atoms with Crippen LogP contribution in [0.15, 0.2) is 30.3 Å². The van der Waals surface area contributed by atoms with Crippen LogP contribution in [-0.2, 0) is 11.2 Å². The van der Waals surface area contributed by atoms with E-state index < -0.39 is 5.97 Å². The van der Waals surface area contributed by atoms with E-state index in [1.807, 2.05) is 38.1 Å². The second-order valence-corrected chi connectivity index (χ2v) is 6.37. The molecule has 1 aromatic heterocycles. The fraction of sp³-hybridized carbons (Fsp3) is 0.250. The molecule has 1 heterocycles. The van der Waals surface area contributed by atoms with Crippen LogP contribution >= 0.6 is 11.6 Å². The molecule has 3 aromatic rings. The van der Waals surface area contributed by atoms with Crippen LogP contribution in [0.4, 0.5) is 0 Å². The van der Waals surface area contributed by atoms with Gasteiger partial charge in [0.1, 0.15) is 0 Å². The molecule has 0 saturated heterocycles. The van der Waals surface area contributed by atoms with Crippen molar-refractivity contribution in [3.8, 4) is 22.8 Å². The van der Waals surface area contributed by atoms with Crippen molar-refractivity contribution in [1.29, 1.82) is 0 Å². The minimum atomic E-state index is -0.914. The molecule has 26 heavy (non-hydrogen) atoms. The number of aliphatic carboxylic acids is 1. The van der Waals surface area contributed by atoms with E-state index in [0.717, 1.165) is 27.7 Å². The Morgan fingerprint density at radius 3 is 2.65 bits per heavy atom. The van der Waals surface area contributed by atoms with Gasteiger partial charge in [-0.2, -0.15) is 0 Å². The summed E-state index contributed by atoms with van der Waals surface area (Å²) in [6.45, 7) is 4.39. The Morgan fingerprint density at radius 2 is 2.00 bits per heavy atom. The molecule has 0 bridgehead atoms. The molecule has 0 unspecified atom stereocenters. The first kappa shape index (κ1) is 18.1. The number of hydrogen-bond acceptors (Lipinski definition) is 3. The number of nitrogens with one attached hydrogen (secondary N) is 1. The van der Waals surface area contributed by atoms with Crippen molar-refractivity contribution in [2.24, 2.45) is 0 Å². The largest absolute Gasteiger partial charge is 0.493 e. The lowest BCUT2D eigenvalue weighted by Crippen LogP contribution is -2.01. The second-order valence-electron chi connectivity index (χ2n) is 5.96. The lowest BCUT2D eigenvalue weighted by molar-refractivity contribution is -0.136. The first-order valence-corrected chi connectivity index (χ1v) is 8.66. The van der Waals surface area contributed by atoms with Gasteiger partial charge >= 0.3 is 5.97 Å². The highest BCUT2D eigenvalue weighted by Crippen LogP contribution is 2.39. The van der Waals surface area contributed by atoms with Crippen LogP contribution in [0.5, 0.6) is 11.5 Å². The Morgan fingerprint density at radius 1 is 1.23 bits per heavy atom. The summed E-state index contributed by atoms with van der Waals surface area (Å²) >= 11 is 6.39. The fourth-order valence-corrected chi connectivity index (χ4v) is 3.41. The number of aryl methyl sites for hydroxylation is 1. The number of fused-ring (bicyclic) bond motifs is 1. The summed E-state index contributed by atoms with van der Waals surface area (Å²) in [6, 6.07) is 9.24. The van der Waals surface area contributed by atoms with Gasteiger partial charge in [0.25, 0.3) is 0 Å². The summed E-state index contributed by atoms with van der Waals surface area (Å²) in [5, 5.41) is 10.7. The maximum Gasteiger partial charge on any atom is 0.307 e. The first-order chi connectivity index (χ1) is 12.5. The van der Waals surface area contributed by atoms with E-state index in [-0.39, 0.29) is 6.42 Å². The van der Waals surface area contributed by atoms with Crippen LogP contribution in [0, 0.1) is 6.92 Å². The van der Waals surface area contributed by atoms with E-state index in [2.05, 4.69) is 4.98 Å². The quantitative estimate of drug-likeness (QED) is 0.649. The van der Waals surface area contributed by atoms with Crippen molar-refractivity contribution >= 4 is 28.5 Å². The van der Waals surface area contributed by atoms with Crippen molar-refractivity contribution in [3.63, 3.8) is 0 Å². The SMILES string of the molecule is CCOc1ccc(-c2[nH]c3c(C)ccc(Cl)c3c2CC(=O)O)cc1OC. The number of rotatable bonds is 6. The third kappa shape index (κ3) is 3.22. The van der Waals surface area contributed by atoms with Crippen molar-refractivity contribution in [2.45, 2.75) is 20.3 Å². The predicted octanol–water partition coefficient (Wildman–Crippen LogP) is 4.83. The van der Waals surface area contributed by atoms with Crippen LogP contribution in [0.3, 0.4) is 0 Å². The van der Waals surface area contributed by atoms with Gasteiger partial charge in [-0.1, -0.05) is 17.7 Å². The summed E-state index contributed by atoms with van der Waals surface area (Å²) in [5.41, 5.74) is 4.04. The first-order valence-electron chi connectivity index (χ1n) is 8.28. The molecule has 0 radical (unpaired) electrons. The zero-order valence-electron chi connectivity index (χ0n) is 14.9. The Hall–Kier alpha value is -2.66. The molecule has 2 N–H and O–H groups in total. The molecular weight excluding hydrogens is 354 g/mol. The molecule has 0 spiro atoms. The van der Waals surface area contributed by atoms with Crippen molar-refractivity contribution in [2.75, 3.05) is 13.7 Å². The summed E-state index contributed by atoms with van der Waals surface area (Å²) in [5.74, 6) is 0.318. The number of H-pyrrole nitrogens is 1. The molecule has 0 amide bonds. The number of aromatic nitrogens is 1. The van der Waals surface area contributed by atoms with Gasteiger partial charge in [-0.15, -0.1) is 0 Å². The number of carbonyl (C=O) groups is 1. The van der Waals surface area contributed by atoms with E-state index >= 15 is 0 Å². The average molecular weight is 374 g/mol. The topological polar surface area (TPSA) is 71.6 Å². The third-order valence-corrected chi connectivity index (χ3v) is 4.61. The second kappa shape index (κ2) is 7.30. The molecule has 0 fully saturated rings. The smallest absolute Gasteiger partial charge is 0.307 e. The average Bonchev–Trinajstić information content (AvgIpc) is 2.99. The van der Waals surface area contributed by atoms with E-state index in [0.29, 0.717) is 28.7 Å². The van der Waals surface area contributed by atoms with Gasteiger partial charge < -0.3 is 19.6 Å². The highest BCUT2D eigenvalue weighted by Gasteiger charge is 2.20. The number of carboxylic acids is 1. The Balaban J connectivity index is 2.26. The number of halogens is 1. The zero-order chi connectivity index (χ0) is 18.8. The molecule has 3 rings (SSSR count). The number of ether oxygens (including phenoxy) is 2. The summed E-state index contributed by atoms with van der Waals surface area (Å²) in [4.78, 5) is 14.8. The molecule has 136 valence electrons. The third-order valence-electron chi connectivity index (χ3n) is 4.30. The monoisotopic (exact) mass is 373 g/mol. The van der Waals surface area contributed by atoms with Crippen molar-refractivity contribution in [3.05, 3.63) is 46.5 Å². The number of hydrogen-bond donors (Lipinski definition) is 2.